The highest BCUT2D eigenvalue weighted by Crippen LogP contribution is 2.11. The maximum atomic E-state index is 2.12. The predicted octanol–water partition coefficient (Wildman–Crippen LogP) is 6.64. The molecule has 0 fully saturated rings. The fourth-order valence-electron chi connectivity index (χ4n) is 1.21. The van der Waals surface area contributed by atoms with Gasteiger partial charge in [0.1, 0.15) is 0 Å². The minimum Gasteiger partial charge on any atom is -0.0870 e. The van der Waals surface area contributed by atoms with Crippen molar-refractivity contribution in [1.82, 2.24) is 0 Å². The van der Waals surface area contributed by atoms with Crippen molar-refractivity contribution in [1.29, 1.82) is 0 Å². The average molecular weight is 248 g/mol. The Balaban J connectivity index is -0.000000506. The first kappa shape index (κ1) is 21.9. The Kier molecular flexibility index (Phi) is 25.6. The summed E-state index contributed by atoms with van der Waals surface area (Å²) in [6.07, 6.45) is 16.7. The van der Waals surface area contributed by atoms with Gasteiger partial charge in [-0.25, -0.2) is 0 Å². The lowest BCUT2D eigenvalue weighted by molar-refractivity contribution is 1.50. The lowest BCUT2D eigenvalue weighted by Gasteiger charge is -1.99. The van der Waals surface area contributed by atoms with E-state index in [1.807, 2.05) is 55.4 Å². The Morgan fingerprint density at radius 1 is 0.444 bits per heavy atom. The first-order chi connectivity index (χ1) is 8.79. The third kappa shape index (κ3) is 12.8. The number of rotatable bonds is 4. The van der Waals surface area contributed by atoms with E-state index >= 15 is 0 Å². The van der Waals surface area contributed by atoms with E-state index in [9.17, 15) is 0 Å². The molecule has 0 amide bonds. The molecule has 0 aliphatic carbocycles. The molecule has 0 unspecified atom stereocenters. The molecule has 0 rings (SSSR count). The van der Waals surface area contributed by atoms with Crippen LogP contribution in [0.3, 0.4) is 0 Å². The molecule has 0 aromatic carbocycles. The quantitative estimate of drug-likeness (QED) is 0.489. The van der Waals surface area contributed by atoms with Gasteiger partial charge in [-0.05, 0) is 38.8 Å². The highest BCUT2D eigenvalue weighted by atomic mass is 14.0. The Morgan fingerprint density at radius 3 is 0.722 bits per heavy atom. The Morgan fingerprint density at radius 2 is 0.611 bits per heavy atom. The molecule has 18 heavy (non-hydrogen) atoms. The molecule has 0 spiro atoms. The summed E-state index contributed by atoms with van der Waals surface area (Å²) >= 11 is 0. The van der Waals surface area contributed by atoms with Crippen LogP contribution in [-0.2, 0) is 0 Å². The van der Waals surface area contributed by atoms with Crippen LogP contribution in [0.1, 0.15) is 55.4 Å². The second kappa shape index (κ2) is 21.0. The summed E-state index contributed by atoms with van der Waals surface area (Å²) in [5, 5.41) is 0. The highest BCUT2D eigenvalue weighted by Gasteiger charge is 1.92. The van der Waals surface area contributed by atoms with E-state index in [1.165, 1.54) is 11.1 Å². The average Bonchev–Trinajstić information content (AvgIpc) is 2.43. The summed E-state index contributed by atoms with van der Waals surface area (Å²) in [6, 6.07) is 0. The van der Waals surface area contributed by atoms with Crippen LogP contribution < -0.4 is 0 Å². The monoisotopic (exact) mass is 248 g/mol. The van der Waals surface area contributed by atoms with Gasteiger partial charge in [0, 0.05) is 0 Å². The maximum absolute atomic E-state index is 2.12. The lowest BCUT2D eigenvalue weighted by atomic mass is 10.1. The zero-order valence-corrected chi connectivity index (χ0v) is 13.6. The normalized spacial score (nSPS) is 10.4. The van der Waals surface area contributed by atoms with Gasteiger partial charge in [-0.3, -0.25) is 0 Å². The van der Waals surface area contributed by atoms with Crippen LogP contribution >= 0.6 is 0 Å². The molecular formula is C18H32. The minimum absolute atomic E-state index is 1.24. The van der Waals surface area contributed by atoms with Gasteiger partial charge >= 0.3 is 0 Å². The summed E-state index contributed by atoms with van der Waals surface area (Å²) in [4.78, 5) is 0. The summed E-state index contributed by atoms with van der Waals surface area (Å²) < 4.78 is 0. The summed E-state index contributed by atoms with van der Waals surface area (Å²) in [7, 11) is 0. The summed E-state index contributed by atoms with van der Waals surface area (Å²) in [5.74, 6) is 0. The van der Waals surface area contributed by atoms with Gasteiger partial charge in [-0.2, -0.15) is 0 Å². The molecule has 0 saturated heterocycles. The molecule has 0 saturated carbocycles. The Labute approximate surface area is 116 Å². The van der Waals surface area contributed by atoms with Crippen molar-refractivity contribution >= 4 is 0 Å². The van der Waals surface area contributed by atoms with Gasteiger partial charge in [0.05, 0.1) is 0 Å². The molecular weight excluding hydrogens is 216 g/mol. The zero-order valence-electron chi connectivity index (χ0n) is 13.6. The van der Waals surface area contributed by atoms with Gasteiger partial charge in [0.25, 0.3) is 0 Å². The largest absolute Gasteiger partial charge is 0.0870 e. The van der Waals surface area contributed by atoms with Crippen LogP contribution in [0, 0.1) is 0 Å². The standard InChI is InChI=1S/C14H20.2C2H6/c1-5-9-13(10-6-2)14(11-7-3)12-8-4;2*1-2/h5-12H,1-4H3;2*1-2H3/b9-5-,10-6-,11-7-,12-8-;;. The molecule has 0 nitrogen and oxygen atoms in total. The third-order valence-corrected chi connectivity index (χ3v) is 1.72. The third-order valence-electron chi connectivity index (χ3n) is 1.72. The van der Waals surface area contributed by atoms with Crippen LogP contribution in [-0.4, -0.2) is 0 Å². The molecule has 0 aliphatic heterocycles. The minimum atomic E-state index is 1.24. The van der Waals surface area contributed by atoms with Crippen LogP contribution in [0.25, 0.3) is 0 Å². The van der Waals surface area contributed by atoms with Gasteiger partial charge in [0.15, 0.2) is 0 Å². The molecule has 0 aliphatic rings. The van der Waals surface area contributed by atoms with E-state index in [0.29, 0.717) is 0 Å². The molecule has 0 aromatic rings. The number of hydrogen-bond acceptors (Lipinski definition) is 0. The molecule has 0 bridgehead atoms. The number of hydrogen-bond donors (Lipinski definition) is 0. The highest BCUT2D eigenvalue weighted by molar-refractivity contribution is 5.46. The smallest absolute Gasteiger partial charge is 0.0191 e. The molecule has 0 N–H and O–H groups in total. The van der Waals surface area contributed by atoms with Crippen molar-refractivity contribution in [3.8, 4) is 0 Å². The fourth-order valence-corrected chi connectivity index (χ4v) is 1.21. The molecule has 0 radical (unpaired) electrons. The van der Waals surface area contributed by atoms with Crippen LogP contribution in [0.4, 0.5) is 0 Å². The van der Waals surface area contributed by atoms with Crippen LogP contribution in [0.2, 0.25) is 0 Å². The van der Waals surface area contributed by atoms with Crippen molar-refractivity contribution in [2.75, 3.05) is 0 Å². The molecule has 0 heteroatoms. The molecule has 0 heterocycles. The Hall–Kier alpha value is -1.30. The van der Waals surface area contributed by atoms with E-state index in [0.717, 1.165) is 0 Å². The first-order valence-electron chi connectivity index (χ1n) is 7.05. The van der Waals surface area contributed by atoms with Gasteiger partial charge in [-0.15, -0.1) is 0 Å². The van der Waals surface area contributed by atoms with E-state index in [1.54, 1.807) is 0 Å². The van der Waals surface area contributed by atoms with E-state index in [4.69, 9.17) is 0 Å². The summed E-state index contributed by atoms with van der Waals surface area (Å²) in [5.41, 5.74) is 2.48. The van der Waals surface area contributed by atoms with E-state index in [-0.39, 0.29) is 0 Å². The Bertz CT molecular complexity index is 225. The second-order valence-corrected chi connectivity index (χ2v) is 2.91. The predicted molar refractivity (Wildman–Crippen MR) is 89.0 cm³/mol. The zero-order chi connectivity index (χ0) is 14.8. The van der Waals surface area contributed by atoms with Crippen molar-refractivity contribution < 1.29 is 0 Å². The first-order valence-corrected chi connectivity index (χ1v) is 7.05. The molecule has 0 atom stereocenters. The van der Waals surface area contributed by atoms with Crippen LogP contribution in [0.15, 0.2) is 59.8 Å². The van der Waals surface area contributed by atoms with Gasteiger partial charge in [-0.1, -0.05) is 76.3 Å². The SMILES string of the molecule is C/C=C\C(/C=C\C)=C(/C=C\C)/C=C\C.CC.CC. The fraction of sp³-hybridized carbons (Fsp3) is 0.444. The topological polar surface area (TPSA) is 0 Å². The summed E-state index contributed by atoms with van der Waals surface area (Å²) in [6.45, 7) is 16.1. The van der Waals surface area contributed by atoms with Gasteiger partial charge in [0.2, 0.25) is 0 Å². The van der Waals surface area contributed by atoms with Crippen molar-refractivity contribution in [2.45, 2.75) is 55.4 Å². The maximum Gasteiger partial charge on any atom is -0.0191 e. The van der Waals surface area contributed by atoms with E-state index < -0.39 is 0 Å². The second-order valence-electron chi connectivity index (χ2n) is 2.91. The molecule has 104 valence electrons. The van der Waals surface area contributed by atoms with E-state index in [2.05, 4.69) is 48.6 Å². The van der Waals surface area contributed by atoms with Crippen LogP contribution in [0.5, 0.6) is 0 Å². The number of allylic oxidation sites excluding steroid dienone is 10. The van der Waals surface area contributed by atoms with Crippen molar-refractivity contribution in [3.05, 3.63) is 59.8 Å². The lowest BCUT2D eigenvalue weighted by Crippen LogP contribution is -1.80. The van der Waals surface area contributed by atoms with Crippen molar-refractivity contribution in [2.24, 2.45) is 0 Å². The molecule has 0 aromatic heterocycles. The van der Waals surface area contributed by atoms with Gasteiger partial charge < -0.3 is 0 Å². The van der Waals surface area contributed by atoms with Crippen molar-refractivity contribution in [3.63, 3.8) is 0 Å².